The minimum atomic E-state index is -0.0744. The highest BCUT2D eigenvalue weighted by Crippen LogP contribution is 2.35. The molecule has 0 aliphatic carbocycles. The molecule has 0 aliphatic heterocycles. The zero-order valence-corrected chi connectivity index (χ0v) is 16.7. The van der Waals surface area contributed by atoms with Gasteiger partial charge in [-0.05, 0) is 42.0 Å². The summed E-state index contributed by atoms with van der Waals surface area (Å²) >= 11 is 7.45. The van der Waals surface area contributed by atoms with Gasteiger partial charge in [0.05, 0.1) is 29.4 Å². The molecule has 4 rings (SSSR count). The number of thiazole rings is 1. The van der Waals surface area contributed by atoms with Crippen LogP contribution >= 0.6 is 22.9 Å². The van der Waals surface area contributed by atoms with Crippen molar-refractivity contribution >= 4 is 49.9 Å². The van der Waals surface area contributed by atoms with E-state index in [4.69, 9.17) is 16.3 Å². The second-order valence-corrected chi connectivity index (χ2v) is 7.64. The number of carbonyl (C=O) groups is 1. The Labute approximate surface area is 172 Å². The van der Waals surface area contributed by atoms with E-state index in [1.165, 1.54) is 11.3 Å². The summed E-state index contributed by atoms with van der Waals surface area (Å²) in [6.07, 6.45) is 0.240. The number of hydrogen-bond donors (Lipinski definition) is 0. The average molecular weight is 409 g/mol. The van der Waals surface area contributed by atoms with Crippen LogP contribution < -0.4 is 9.64 Å². The summed E-state index contributed by atoms with van der Waals surface area (Å²) in [5.74, 6) is 0.609. The summed E-state index contributed by atoms with van der Waals surface area (Å²) < 4.78 is 6.37. The molecule has 0 atom stereocenters. The molecule has 4 nitrogen and oxygen atoms in total. The van der Waals surface area contributed by atoms with Crippen molar-refractivity contribution in [3.05, 3.63) is 83.4 Å². The van der Waals surface area contributed by atoms with Crippen molar-refractivity contribution in [3.8, 4) is 5.75 Å². The van der Waals surface area contributed by atoms with Gasteiger partial charge in [0.1, 0.15) is 5.75 Å². The zero-order chi connectivity index (χ0) is 19.5. The van der Waals surface area contributed by atoms with Gasteiger partial charge in [-0.1, -0.05) is 53.3 Å². The van der Waals surface area contributed by atoms with Gasteiger partial charge in [-0.25, -0.2) is 4.98 Å². The first-order valence-corrected chi connectivity index (χ1v) is 9.90. The molecule has 0 N–H and O–H groups in total. The number of para-hydroxylation sites is 1. The summed E-state index contributed by atoms with van der Waals surface area (Å²) in [6, 6.07) is 22.6. The normalized spacial score (nSPS) is 10.8. The maximum absolute atomic E-state index is 13.3. The van der Waals surface area contributed by atoms with E-state index in [9.17, 15) is 4.79 Å². The molecule has 6 heteroatoms. The number of amides is 1. The molecule has 3 aromatic carbocycles. The SMILES string of the molecule is COc1cccc(N(C(=O)Cc2ccc(Cl)cc2)c2nc3ccccc3s2)c1. The fourth-order valence-corrected chi connectivity index (χ4v) is 4.05. The third kappa shape index (κ3) is 3.86. The van der Waals surface area contributed by atoms with E-state index in [0.29, 0.717) is 15.9 Å². The number of nitrogens with zero attached hydrogens (tertiary/aromatic N) is 2. The number of halogens is 1. The van der Waals surface area contributed by atoms with E-state index in [1.54, 1.807) is 24.1 Å². The van der Waals surface area contributed by atoms with Crippen LogP contribution in [0.5, 0.6) is 5.75 Å². The van der Waals surface area contributed by atoms with Crippen LogP contribution in [0.1, 0.15) is 5.56 Å². The Morgan fingerprint density at radius 3 is 2.61 bits per heavy atom. The summed E-state index contributed by atoms with van der Waals surface area (Å²) in [5.41, 5.74) is 2.48. The summed E-state index contributed by atoms with van der Waals surface area (Å²) in [5, 5.41) is 1.28. The van der Waals surface area contributed by atoms with Crippen molar-refractivity contribution in [1.29, 1.82) is 0 Å². The number of anilines is 2. The number of fused-ring (bicyclic) bond motifs is 1. The fourth-order valence-electron chi connectivity index (χ4n) is 2.92. The topological polar surface area (TPSA) is 42.4 Å². The Hall–Kier alpha value is -2.89. The maximum Gasteiger partial charge on any atom is 0.237 e. The number of rotatable bonds is 5. The van der Waals surface area contributed by atoms with Crippen molar-refractivity contribution in [1.82, 2.24) is 4.98 Å². The van der Waals surface area contributed by atoms with Crippen LogP contribution in [-0.2, 0) is 11.2 Å². The molecular weight excluding hydrogens is 392 g/mol. The van der Waals surface area contributed by atoms with Crippen molar-refractivity contribution in [2.45, 2.75) is 6.42 Å². The third-order valence-electron chi connectivity index (χ3n) is 4.30. The van der Waals surface area contributed by atoms with Crippen LogP contribution in [0.25, 0.3) is 10.2 Å². The van der Waals surface area contributed by atoms with Crippen molar-refractivity contribution < 1.29 is 9.53 Å². The Balaban J connectivity index is 1.75. The predicted molar refractivity (Wildman–Crippen MR) is 115 cm³/mol. The van der Waals surface area contributed by atoms with Gasteiger partial charge in [0.2, 0.25) is 5.91 Å². The quantitative estimate of drug-likeness (QED) is 0.415. The van der Waals surface area contributed by atoms with Gasteiger partial charge in [0.25, 0.3) is 0 Å². The smallest absolute Gasteiger partial charge is 0.237 e. The number of hydrogen-bond acceptors (Lipinski definition) is 4. The molecule has 0 fully saturated rings. The van der Waals surface area contributed by atoms with E-state index in [0.717, 1.165) is 21.5 Å². The standard InChI is InChI=1S/C22H17ClN2O2S/c1-27-18-6-4-5-17(14-18)25(21(26)13-15-9-11-16(23)12-10-15)22-24-19-7-2-3-8-20(19)28-22/h2-12,14H,13H2,1H3. The molecule has 0 aliphatic rings. The Morgan fingerprint density at radius 2 is 1.86 bits per heavy atom. The Morgan fingerprint density at radius 1 is 1.07 bits per heavy atom. The summed E-state index contributed by atoms with van der Waals surface area (Å²) in [6.45, 7) is 0. The molecule has 1 amide bonds. The van der Waals surface area contributed by atoms with Gasteiger partial charge < -0.3 is 4.74 Å². The largest absolute Gasteiger partial charge is 0.497 e. The van der Waals surface area contributed by atoms with Gasteiger partial charge >= 0.3 is 0 Å². The number of aromatic nitrogens is 1. The highest BCUT2D eigenvalue weighted by molar-refractivity contribution is 7.22. The fraction of sp³-hybridized carbons (Fsp3) is 0.0909. The van der Waals surface area contributed by atoms with Crippen LogP contribution in [0.2, 0.25) is 5.02 Å². The number of benzene rings is 3. The predicted octanol–water partition coefficient (Wildman–Crippen LogP) is 5.87. The van der Waals surface area contributed by atoms with Gasteiger partial charge in [-0.3, -0.25) is 9.69 Å². The Kier molecular flexibility index (Phi) is 5.28. The molecule has 28 heavy (non-hydrogen) atoms. The van der Waals surface area contributed by atoms with E-state index < -0.39 is 0 Å². The molecule has 140 valence electrons. The molecule has 0 unspecified atom stereocenters. The second kappa shape index (κ2) is 8.00. The zero-order valence-electron chi connectivity index (χ0n) is 15.1. The van der Waals surface area contributed by atoms with Crippen LogP contribution in [-0.4, -0.2) is 18.0 Å². The minimum Gasteiger partial charge on any atom is -0.497 e. The number of carbonyl (C=O) groups excluding carboxylic acids is 1. The first kappa shape index (κ1) is 18.5. The minimum absolute atomic E-state index is 0.0744. The summed E-state index contributed by atoms with van der Waals surface area (Å²) in [7, 11) is 1.61. The lowest BCUT2D eigenvalue weighted by Crippen LogP contribution is -2.27. The molecule has 0 radical (unpaired) electrons. The average Bonchev–Trinajstić information content (AvgIpc) is 3.13. The van der Waals surface area contributed by atoms with Crippen molar-refractivity contribution in [3.63, 3.8) is 0 Å². The number of ether oxygens (including phenoxy) is 1. The molecule has 1 heterocycles. The molecule has 1 aromatic heterocycles. The first-order chi connectivity index (χ1) is 13.6. The monoisotopic (exact) mass is 408 g/mol. The van der Waals surface area contributed by atoms with Crippen LogP contribution in [0.4, 0.5) is 10.8 Å². The second-order valence-electron chi connectivity index (χ2n) is 6.20. The maximum atomic E-state index is 13.3. The van der Waals surface area contributed by atoms with Crippen LogP contribution in [0.15, 0.2) is 72.8 Å². The molecule has 0 saturated carbocycles. The molecule has 0 bridgehead atoms. The van der Waals surface area contributed by atoms with Gasteiger partial charge in [-0.15, -0.1) is 0 Å². The van der Waals surface area contributed by atoms with E-state index in [1.807, 2.05) is 60.7 Å². The van der Waals surface area contributed by atoms with Gasteiger partial charge in [0.15, 0.2) is 5.13 Å². The lowest BCUT2D eigenvalue weighted by Gasteiger charge is -2.20. The van der Waals surface area contributed by atoms with Crippen LogP contribution in [0.3, 0.4) is 0 Å². The first-order valence-electron chi connectivity index (χ1n) is 8.71. The highest BCUT2D eigenvalue weighted by Gasteiger charge is 2.22. The highest BCUT2D eigenvalue weighted by atomic mass is 35.5. The lowest BCUT2D eigenvalue weighted by molar-refractivity contribution is -0.117. The van der Waals surface area contributed by atoms with Crippen molar-refractivity contribution in [2.75, 3.05) is 12.0 Å². The lowest BCUT2D eigenvalue weighted by atomic mass is 10.1. The number of methoxy groups -OCH3 is 1. The summed E-state index contributed by atoms with van der Waals surface area (Å²) in [4.78, 5) is 19.6. The van der Waals surface area contributed by atoms with E-state index in [-0.39, 0.29) is 12.3 Å². The van der Waals surface area contributed by atoms with E-state index >= 15 is 0 Å². The van der Waals surface area contributed by atoms with E-state index in [2.05, 4.69) is 4.98 Å². The Bertz CT molecular complexity index is 1090. The third-order valence-corrected chi connectivity index (χ3v) is 5.58. The van der Waals surface area contributed by atoms with Crippen molar-refractivity contribution in [2.24, 2.45) is 0 Å². The molecule has 0 spiro atoms. The molecule has 0 saturated heterocycles. The van der Waals surface area contributed by atoms with Gasteiger partial charge in [-0.2, -0.15) is 0 Å². The molecular formula is C22H17ClN2O2S. The van der Waals surface area contributed by atoms with Gasteiger partial charge in [0, 0.05) is 11.1 Å². The van der Waals surface area contributed by atoms with Crippen LogP contribution in [0, 0.1) is 0 Å². The molecule has 4 aromatic rings.